The van der Waals surface area contributed by atoms with Crippen LogP contribution in [0.4, 0.5) is 0 Å². The van der Waals surface area contributed by atoms with Crippen LogP contribution in [0.25, 0.3) is 0 Å². The topological polar surface area (TPSA) is 47.4 Å². The van der Waals surface area contributed by atoms with Crippen LogP contribution in [0.1, 0.15) is 62.4 Å². The molecule has 3 heterocycles. The normalized spacial score (nSPS) is 23.2. The highest BCUT2D eigenvalue weighted by Gasteiger charge is 2.33. The number of carbonyl (C=O) groups is 1. The summed E-state index contributed by atoms with van der Waals surface area (Å²) < 4.78 is 7.90. The highest BCUT2D eigenvalue weighted by atomic mass is 16.5. The summed E-state index contributed by atoms with van der Waals surface area (Å²) in [6.45, 7) is 6.71. The zero-order chi connectivity index (χ0) is 17.2. The van der Waals surface area contributed by atoms with Crippen molar-refractivity contribution < 1.29 is 9.53 Å². The number of hydrogen-bond acceptors (Lipinski definition) is 3. The second-order valence-electron chi connectivity index (χ2n) is 8.27. The van der Waals surface area contributed by atoms with Gasteiger partial charge in [-0.1, -0.05) is 12.8 Å². The van der Waals surface area contributed by atoms with Crippen LogP contribution in [-0.4, -0.2) is 46.7 Å². The van der Waals surface area contributed by atoms with E-state index < -0.39 is 0 Å². The molecule has 1 aromatic heterocycles. The van der Waals surface area contributed by atoms with Crippen LogP contribution < -0.4 is 0 Å². The van der Waals surface area contributed by atoms with Gasteiger partial charge >= 0.3 is 0 Å². The first-order valence-electron chi connectivity index (χ1n) is 10.1. The molecule has 4 rings (SSSR count). The Morgan fingerprint density at radius 2 is 1.88 bits per heavy atom. The van der Waals surface area contributed by atoms with Gasteiger partial charge in [-0.2, -0.15) is 0 Å². The minimum Gasteiger partial charge on any atom is -0.381 e. The van der Waals surface area contributed by atoms with Crippen molar-refractivity contribution in [1.82, 2.24) is 14.5 Å². The fraction of sp³-hybridized carbons (Fsp3) is 0.800. The van der Waals surface area contributed by atoms with Gasteiger partial charge in [0.05, 0.1) is 0 Å². The van der Waals surface area contributed by atoms with E-state index >= 15 is 0 Å². The lowest BCUT2D eigenvalue weighted by Crippen LogP contribution is -2.51. The van der Waals surface area contributed by atoms with Crippen LogP contribution >= 0.6 is 0 Å². The van der Waals surface area contributed by atoms with E-state index in [1.54, 1.807) is 0 Å². The van der Waals surface area contributed by atoms with E-state index in [2.05, 4.69) is 16.4 Å². The Balaban J connectivity index is 1.30. The highest BCUT2D eigenvalue weighted by molar-refractivity contribution is 5.77. The largest absolute Gasteiger partial charge is 0.381 e. The molecular weight excluding hydrogens is 314 g/mol. The fourth-order valence-electron chi connectivity index (χ4n) is 4.74. The van der Waals surface area contributed by atoms with Crippen LogP contribution in [0.5, 0.6) is 0 Å². The smallest absolute Gasteiger partial charge is 0.222 e. The first kappa shape index (κ1) is 17.1. The first-order chi connectivity index (χ1) is 12.2. The van der Waals surface area contributed by atoms with E-state index in [0.717, 1.165) is 52.1 Å². The molecule has 5 nitrogen and oxygen atoms in total. The minimum absolute atomic E-state index is 0.384. The number of amides is 1. The fourth-order valence-corrected chi connectivity index (χ4v) is 4.74. The average Bonchev–Trinajstić information content (AvgIpc) is 3.21. The quantitative estimate of drug-likeness (QED) is 0.824. The Bertz CT molecular complexity index is 594. The average molecular weight is 345 g/mol. The summed E-state index contributed by atoms with van der Waals surface area (Å²) in [5, 5.41) is 0. The molecular formula is C20H31N3O2. The molecule has 3 fully saturated rings. The van der Waals surface area contributed by atoms with Crippen molar-refractivity contribution >= 4 is 5.91 Å². The molecule has 0 unspecified atom stereocenters. The molecule has 5 heteroatoms. The number of hydrogen-bond donors (Lipinski definition) is 0. The number of likely N-dealkylation sites (tertiary alicyclic amines) is 1. The number of aryl methyl sites for hydroxylation is 1. The van der Waals surface area contributed by atoms with Gasteiger partial charge in [-0.15, -0.1) is 0 Å². The van der Waals surface area contributed by atoms with Crippen molar-refractivity contribution in [2.45, 2.75) is 64.3 Å². The van der Waals surface area contributed by atoms with Crippen molar-refractivity contribution in [2.75, 3.05) is 26.3 Å². The molecule has 2 saturated heterocycles. The van der Waals surface area contributed by atoms with Gasteiger partial charge in [-0.25, -0.2) is 4.98 Å². The Morgan fingerprint density at radius 1 is 1.16 bits per heavy atom. The Kier molecular flexibility index (Phi) is 5.11. The predicted molar refractivity (Wildman–Crippen MR) is 96.4 cm³/mol. The van der Waals surface area contributed by atoms with Crippen LogP contribution in [0.3, 0.4) is 0 Å². The zero-order valence-corrected chi connectivity index (χ0v) is 15.5. The van der Waals surface area contributed by atoms with E-state index in [9.17, 15) is 4.79 Å². The van der Waals surface area contributed by atoms with Crippen molar-refractivity contribution in [3.8, 4) is 0 Å². The standard InChI is InChI=1S/C20H31N3O2/c1-15-11-21-20(18-6-8-25-9-7-18)23(15)14-17-12-22(13-17)19(24)10-16-4-2-3-5-16/h11,16-18H,2-10,12-14H2,1H3. The van der Waals surface area contributed by atoms with Gasteiger partial charge in [-0.05, 0) is 38.5 Å². The SMILES string of the molecule is Cc1cnc(C2CCOCC2)n1CC1CN(C(=O)CC2CCCC2)C1. The highest BCUT2D eigenvalue weighted by Crippen LogP contribution is 2.31. The lowest BCUT2D eigenvalue weighted by molar-refractivity contribution is -0.138. The molecule has 1 aliphatic carbocycles. The zero-order valence-electron chi connectivity index (χ0n) is 15.5. The molecule has 138 valence electrons. The molecule has 1 amide bonds. The van der Waals surface area contributed by atoms with Crippen LogP contribution in [0.15, 0.2) is 6.20 Å². The van der Waals surface area contributed by atoms with Crippen LogP contribution in [-0.2, 0) is 16.1 Å². The van der Waals surface area contributed by atoms with E-state index in [1.165, 1.54) is 37.2 Å². The third kappa shape index (κ3) is 3.76. The Hall–Kier alpha value is -1.36. The summed E-state index contributed by atoms with van der Waals surface area (Å²) in [5.74, 6) is 3.39. The molecule has 0 radical (unpaired) electrons. The summed E-state index contributed by atoms with van der Waals surface area (Å²) in [7, 11) is 0. The van der Waals surface area contributed by atoms with Crippen LogP contribution in [0, 0.1) is 18.8 Å². The van der Waals surface area contributed by atoms with Crippen LogP contribution in [0.2, 0.25) is 0 Å². The third-order valence-electron chi connectivity index (χ3n) is 6.36. The molecule has 0 atom stereocenters. The molecule has 0 N–H and O–H groups in total. The second kappa shape index (κ2) is 7.48. The molecule has 0 spiro atoms. The summed E-state index contributed by atoms with van der Waals surface area (Å²) in [5.41, 5.74) is 1.25. The molecule has 2 aliphatic heterocycles. The maximum atomic E-state index is 12.4. The van der Waals surface area contributed by atoms with Gasteiger partial charge in [0.2, 0.25) is 5.91 Å². The first-order valence-corrected chi connectivity index (χ1v) is 10.1. The molecule has 25 heavy (non-hydrogen) atoms. The number of imidazole rings is 1. The summed E-state index contributed by atoms with van der Waals surface area (Å²) in [4.78, 5) is 19.2. The van der Waals surface area contributed by atoms with Gasteiger partial charge in [0, 0.05) is 63.0 Å². The van der Waals surface area contributed by atoms with E-state index in [-0.39, 0.29) is 0 Å². The van der Waals surface area contributed by atoms with E-state index in [0.29, 0.717) is 23.7 Å². The molecule has 0 bridgehead atoms. The maximum absolute atomic E-state index is 12.4. The molecule has 1 saturated carbocycles. The Morgan fingerprint density at radius 3 is 2.60 bits per heavy atom. The lowest BCUT2D eigenvalue weighted by Gasteiger charge is -2.40. The Labute approximate surface area is 150 Å². The van der Waals surface area contributed by atoms with Gasteiger partial charge in [0.25, 0.3) is 0 Å². The van der Waals surface area contributed by atoms with Gasteiger partial charge < -0.3 is 14.2 Å². The monoisotopic (exact) mass is 345 g/mol. The minimum atomic E-state index is 0.384. The molecule has 0 aromatic carbocycles. The van der Waals surface area contributed by atoms with Gasteiger partial charge in [0.15, 0.2) is 0 Å². The lowest BCUT2D eigenvalue weighted by atomic mass is 9.95. The predicted octanol–water partition coefficient (Wildman–Crippen LogP) is 3.12. The van der Waals surface area contributed by atoms with Crippen molar-refractivity contribution in [3.05, 3.63) is 17.7 Å². The number of rotatable bonds is 5. The van der Waals surface area contributed by atoms with Gasteiger partial charge in [-0.3, -0.25) is 4.79 Å². The van der Waals surface area contributed by atoms with Crippen molar-refractivity contribution in [3.63, 3.8) is 0 Å². The maximum Gasteiger partial charge on any atom is 0.222 e. The third-order valence-corrected chi connectivity index (χ3v) is 6.36. The number of carbonyl (C=O) groups excluding carboxylic acids is 1. The van der Waals surface area contributed by atoms with Crippen molar-refractivity contribution in [2.24, 2.45) is 11.8 Å². The number of ether oxygens (including phenoxy) is 1. The van der Waals surface area contributed by atoms with E-state index in [4.69, 9.17) is 9.72 Å². The molecule has 1 aromatic rings. The second-order valence-corrected chi connectivity index (χ2v) is 8.27. The summed E-state index contributed by atoms with van der Waals surface area (Å²) in [6.07, 6.45) is 10.1. The van der Waals surface area contributed by atoms with Gasteiger partial charge in [0.1, 0.15) is 5.82 Å². The number of nitrogens with zero attached hydrogens (tertiary/aromatic N) is 3. The van der Waals surface area contributed by atoms with Crippen molar-refractivity contribution in [1.29, 1.82) is 0 Å². The van der Waals surface area contributed by atoms with E-state index in [1.807, 2.05) is 6.20 Å². The number of aromatic nitrogens is 2. The molecule has 3 aliphatic rings. The summed E-state index contributed by atoms with van der Waals surface area (Å²) in [6, 6.07) is 0. The summed E-state index contributed by atoms with van der Waals surface area (Å²) >= 11 is 0.